The van der Waals surface area contributed by atoms with Crippen LogP contribution in [0.2, 0.25) is 0 Å². The van der Waals surface area contributed by atoms with E-state index < -0.39 is 5.97 Å². The van der Waals surface area contributed by atoms with Crippen molar-refractivity contribution < 1.29 is 9.53 Å². The van der Waals surface area contributed by atoms with Gasteiger partial charge in [-0.15, -0.1) is 11.3 Å². The zero-order valence-corrected chi connectivity index (χ0v) is 16.4. The fourth-order valence-corrected chi connectivity index (χ4v) is 3.99. The first-order valence-corrected chi connectivity index (χ1v) is 9.34. The van der Waals surface area contributed by atoms with Gasteiger partial charge in [-0.2, -0.15) is 5.26 Å². The maximum absolute atomic E-state index is 13.1. The van der Waals surface area contributed by atoms with Gasteiger partial charge in [0.2, 0.25) is 0 Å². The first-order chi connectivity index (χ1) is 12.8. The Morgan fingerprint density at radius 1 is 1.37 bits per heavy atom. The fraction of sp³-hybridized carbons (Fsp3) is 0.300. The van der Waals surface area contributed by atoms with Crippen molar-refractivity contribution >= 4 is 27.5 Å². The maximum Gasteiger partial charge on any atom is 0.348 e. The van der Waals surface area contributed by atoms with E-state index >= 15 is 0 Å². The van der Waals surface area contributed by atoms with Crippen molar-refractivity contribution in [3.8, 4) is 6.07 Å². The third-order valence-corrected chi connectivity index (χ3v) is 5.33. The van der Waals surface area contributed by atoms with Gasteiger partial charge >= 0.3 is 5.97 Å². The summed E-state index contributed by atoms with van der Waals surface area (Å²) >= 11 is 1.18. The molecule has 6 nitrogen and oxygen atoms in total. The summed E-state index contributed by atoms with van der Waals surface area (Å²) in [7, 11) is 0. The maximum atomic E-state index is 13.1. The molecule has 7 heteroatoms. The summed E-state index contributed by atoms with van der Waals surface area (Å²) in [6, 6.07) is 9.22. The third-order valence-electron chi connectivity index (χ3n) is 4.17. The second-order valence-electron chi connectivity index (χ2n) is 6.55. The zero-order valence-electron chi connectivity index (χ0n) is 15.6. The minimum absolute atomic E-state index is 0.197. The van der Waals surface area contributed by atoms with Gasteiger partial charge in [-0.1, -0.05) is 12.1 Å². The second kappa shape index (κ2) is 7.33. The molecular formula is C20H19N3O3S. The summed E-state index contributed by atoms with van der Waals surface area (Å²) in [5.41, 5.74) is 1.78. The van der Waals surface area contributed by atoms with E-state index in [9.17, 15) is 9.59 Å². The van der Waals surface area contributed by atoms with Gasteiger partial charge in [0.25, 0.3) is 5.56 Å². The highest BCUT2D eigenvalue weighted by atomic mass is 32.1. The van der Waals surface area contributed by atoms with Crippen molar-refractivity contribution in [1.82, 2.24) is 9.55 Å². The molecular weight excluding hydrogens is 362 g/mol. The van der Waals surface area contributed by atoms with Gasteiger partial charge < -0.3 is 4.74 Å². The first kappa shape index (κ1) is 18.8. The van der Waals surface area contributed by atoms with Gasteiger partial charge in [-0.05, 0) is 51.0 Å². The first-order valence-electron chi connectivity index (χ1n) is 8.52. The van der Waals surface area contributed by atoms with E-state index in [0.717, 1.165) is 5.56 Å². The Kier molecular flexibility index (Phi) is 5.10. The Morgan fingerprint density at radius 3 is 2.78 bits per heavy atom. The molecule has 3 rings (SSSR count). The summed E-state index contributed by atoms with van der Waals surface area (Å²) in [6.07, 6.45) is -0.235. The molecule has 1 aromatic carbocycles. The van der Waals surface area contributed by atoms with Crippen LogP contribution in [0.15, 0.2) is 29.1 Å². The molecule has 0 saturated carbocycles. The van der Waals surface area contributed by atoms with Crippen LogP contribution in [0.1, 0.15) is 46.0 Å². The Balaban J connectivity index is 2.10. The quantitative estimate of drug-likeness (QED) is 0.645. The normalized spacial score (nSPS) is 11.0. The number of aromatic nitrogens is 2. The average molecular weight is 381 g/mol. The number of fused-ring (bicyclic) bond motifs is 1. The minimum Gasteiger partial charge on any atom is -0.459 e. The highest BCUT2D eigenvalue weighted by molar-refractivity contribution is 7.20. The van der Waals surface area contributed by atoms with Crippen LogP contribution in [0.5, 0.6) is 0 Å². The van der Waals surface area contributed by atoms with Gasteiger partial charge in [0.1, 0.15) is 15.5 Å². The van der Waals surface area contributed by atoms with Gasteiger partial charge in [0, 0.05) is 0 Å². The van der Waals surface area contributed by atoms with E-state index in [1.54, 1.807) is 50.5 Å². The largest absolute Gasteiger partial charge is 0.459 e. The molecule has 0 aliphatic heterocycles. The van der Waals surface area contributed by atoms with E-state index in [4.69, 9.17) is 10.00 Å². The van der Waals surface area contributed by atoms with E-state index in [1.165, 1.54) is 11.3 Å². The number of aryl methyl sites for hydroxylation is 2. The highest BCUT2D eigenvalue weighted by Crippen LogP contribution is 2.28. The number of carbonyl (C=O) groups excluding carboxylic acids is 1. The van der Waals surface area contributed by atoms with Crippen LogP contribution in [0.4, 0.5) is 0 Å². The van der Waals surface area contributed by atoms with Crippen molar-refractivity contribution in [3.05, 3.63) is 62.0 Å². The monoisotopic (exact) mass is 381 g/mol. The van der Waals surface area contributed by atoms with Crippen LogP contribution in [0, 0.1) is 25.2 Å². The summed E-state index contributed by atoms with van der Waals surface area (Å²) in [4.78, 5) is 30.9. The topological polar surface area (TPSA) is 85.0 Å². The number of hydrogen-bond acceptors (Lipinski definition) is 6. The molecule has 0 aliphatic carbocycles. The second-order valence-corrected chi connectivity index (χ2v) is 7.55. The number of nitriles is 1. The van der Waals surface area contributed by atoms with Crippen molar-refractivity contribution in [2.45, 2.75) is 40.3 Å². The average Bonchev–Trinajstić information content (AvgIpc) is 2.94. The lowest BCUT2D eigenvalue weighted by Gasteiger charge is -2.10. The molecule has 0 atom stereocenters. The summed E-state index contributed by atoms with van der Waals surface area (Å²) in [5, 5.41) is 9.50. The predicted molar refractivity (Wildman–Crippen MR) is 104 cm³/mol. The van der Waals surface area contributed by atoms with E-state index in [0.29, 0.717) is 38.6 Å². The van der Waals surface area contributed by atoms with Crippen LogP contribution in [0.3, 0.4) is 0 Å². The number of rotatable bonds is 4. The molecule has 0 N–H and O–H groups in total. The smallest absolute Gasteiger partial charge is 0.348 e. The highest BCUT2D eigenvalue weighted by Gasteiger charge is 2.22. The number of ether oxygens (including phenoxy) is 1. The lowest BCUT2D eigenvalue weighted by atomic mass is 10.1. The minimum atomic E-state index is -0.434. The molecule has 0 fully saturated rings. The number of esters is 1. The lowest BCUT2D eigenvalue weighted by molar-refractivity contribution is 0.0383. The predicted octanol–water partition coefficient (Wildman–Crippen LogP) is 3.56. The van der Waals surface area contributed by atoms with Gasteiger partial charge in [0.05, 0.1) is 29.7 Å². The molecule has 2 heterocycles. The molecule has 27 heavy (non-hydrogen) atoms. The molecule has 0 aliphatic rings. The third kappa shape index (κ3) is 3.62. The lowest BCUT2D eigenvalue weighted by Crippen LogP contribution is -2.24. The molecule has 138 valence electrons. The van der Waals surface area contributed by atoms with Gasteiger partial charge in [-0.25, -0.2) is 9.78 Å². The van der Waals surface area contributed by atoms with Crippen LogP contribution in [-0.2, 0) is 11.3 Å². The SMILES string of the molecule is Cc1c(C(=O)OC(C)C)sc2nc(C)n(Cc3cccc(C#N)c3)c(=O)c12. The summed E-state index contributed by atoms with van der Waals surface area (Å²) in [5.74, 6) is 0.121. The van der Waals surface area contributed by atoms with Gasteiger partial charge in [-0.3, -0.25) is 9.36 Å². The summed E-state index contributed by atoms with van der Waals surface area (Å²) in [6.45, 7) is 7.38. The standard InChI is InChI=1S/C20H19N3O3S/c1-11(2)26-20(25)17-12(3)16-18(27-17)22-13(4)23(19(16)24)10-15-7-5-6-14(8-15)9-21/h5-8,11H,10H2,1-4H3. The Bertz CT molecular complexity index is 1140. The fourth-order valence-electron chi connectivity index (χ4n) is 2.89. The summed E-state index contributed by atoms with van der Waals surface area (Å²) < 4.78 is 6.84. The molecule has 2 aromatic heterocycles. The number of thiophene rings is 1. The van der Waals surface area contributed by atoms with Crippen LogP contribution < -0.4 is 5.56 Å². The molecule has 0 bridgehead atoms. The molecule has 0 amide bonds. The Morgan fingerprint density at radius 2 is 2.11 bits per heavy atom. The Labute approximate surface area is 160 Å². The zero-order chi connectivity index (χ0) is 19.7. The molecule has 0 spiro atoms. The van der Waals surface area contributed by atoms with E-state index in [2.05, 4.69) is 11.1 Å². The molecule has 0 saturated heterocycles. The van der Waals surface area contributed by atoms with E-state index in [-0.39, 0.29) is 11.7 Å². The van der Waals surface area contributed by atoms with Crippen molar-refractivity contribution in [2.75, 3.05) is 0 Å². The van der Waals surface area contributed by atoms with Crippen LogP contribution in [0.25, 0.3) is 10.2 Å². The number of benzene rings is 1. The van der Waals surface area contributed by atoms with Crippen LogP contribution in [-0.4, -0.2) is 21.6 Å². The van der Waals surface area contributed by atoms with Crippen molar-refractivity contribution in [1.29, 1.82) is 5.26 Å². The number of hydrogen-bond donors (Lipinski definition) is 0. The van der Waals surface area contributed by atoms with E-state index in [1.807, 2.05) is 6.07 Å². The molecule has 0 unspecified atom stereocenters. The number of carbonyl (C=O) groups is 1. The Hall–Kier alpha value is -2.98. The number of nitrogens with zero attached hydrogens (tertiary/aromatic N) is 3. The molecule has 3 aromatic rings. The van der Waals surface area contributed by atoms with Crippen molar-refractivity contribution in [2.24, 2.45) is 0 Å². The van der Waals surface area contributed by atoms with Crippen molar-refractivity contribution in [3.63, 3.8) is 0 Å². The molecule has 0 radical (unpaired) electrons. The van der Waals surface area contributed by atoms with Crippen LogP contribution >= 0.6 is 11.3 Å². The van der Waals surface area contributed by atoms with Gasteiger partial charge in [0.15, 0.2) is 0 Å².